The first-order chi connectivity index (χ1) is 17.0. The third-order valence-corrected chi connectivity index (χ3v) is 8.57. The number of hydrogen-bond donors (Lipinski definition) is 7. The Morgan fingerprint density at radius 3 is 2.32 bits per heavy atom. The van der Waals surface area contributed by atoms with Crippen molar-refractivity contribution in [3.8, 4) is 0 Å². The molecule has 3 heterocycles. The molecule has 37 heavy (non-hydrogen) atoms. The molecule has 2 aromatic heterocycles. The number of nitrogens with one attached hydrogen (secondary N) is 1. The molecule has 0 bridgehead atoms. The number of aliphatic hydroxyl groups excluding tert-OH is 2. The fraction of sp³-hybridized carbons (Fsp3) is 0.571. The highest BCUT2D eigenvalue weighted by Crippen LogP contribution is 2.66. The maximum absolute atomic E-state index is 12.4. The Balaban J connectivity index is 1.73. The molecule has 6 atom stereocenters. The van der Waals surface area contributed by atoms with Crippen molar-refractivity contribution < 1.29 is 61.4 Å². The molecule has 0 saturated carbocycles. The number of aromatic nitrogens is 5. The standard InChI is InChI=1S/C14H22N5O15P3/c1-2-19-4-7(16-17-19)3-18-5-8(13(22)15-14(18)23)12-11(21)10(20)9(32-12)6-31-36(27,28)34-37(29,30)33-35(24,25)26/h4-5,9-12,20-21H,2-3,6H2,1H3,(H,27,28)(H,29,30)(H,15,22,23)(H2,24,25,26)/t9-,10?,11+,12+/m1/s1. The van der Waals surface area contributed by atoms with Gasteiger partial charge in [0.15, 0.2) is 0 Å². The van der Waals surface area contributed by atoms with Crippen molar-refractivity contribution in [1.82, 2.24) is 24.5 Å². The number of ether oxygens (including phenoxy) is 1. The summed E-state index contributed by atoms with van der Waals surface area (Å²) in [7, 11) is -16.9. The second-order valence-corrected chi connectivity index (χ2v) is 11.9. The highest BCUT2D eigenvalue weighted by molar-refractivity contribution is 7.66. The third kappa shape index (κ3) is 7.81. The Bertz CT molecular complexity index is 1380. The second-order valence-electron chi connectivity index (χ2n) is 7.50. The number of phosphoric ester groups is 1. The fourth-order valence-electron chi connectivity index (χ4n) is 3.20. The van der Waals surface area contributed by atoms with E-state index in [1.54, 1.807) is 6.20 Å². The maximum Gasteiger partial charge on any atom is 0.490 e. The summed E-state index contributed by atoms with van der Waals surface area (Å²) in [6, 6.07) is 0. The zero-order chi connectivity index (χ0) is 27.8. The molecule has 23 heteroatoms. The van der Waals surface area contributed by atoms with E-state index in [1.165, 1.54) is 4.68 Å². The van der Waals surface area contributed by atoms with Crippen molar-refractivity contribution in [3.05, 3.63) is 44.5 Å². The van der Waals surface area contributed by atoms with Crippen LogP contribution in [-0.4, -0.2) is 79.3 Å². The van der Waals surface area contributed by atoms with Crippen LogP contribution in [0.4, 0.5) is 0 Å². The first-order valence-electron chi connectivity index (χ1n) is 10.0. The first-order valence-corrected chi connectivity index (χ1v) is 14.5. The summed E-state index contributed by atoms with van der Waals surface area (Å²) in [5.74, 6) is 0. The topological polar surface area (TPSA) is 295 Å². The molecule has 20 nitrogen and oxygen atoms in total. The average molecular weight is 593 g/mol. The number of hydrogen-bond acceptors (Lipinski definition) is 13. The van der Waals surface area contributed by atoms with E-state index in [0.717, 1.165) is 10.8 Å². The summed E-state index contributed by atoms with van der Waals surface area (Å²) < 4.78 is 53.4. The van der Waals surface area contributed by atoms with E-state index in [4.69, 9.17) is 14.5 Å². The lowest BCUT2D eigenvalue weighted by atomic mass is 10.0. The molecule has 7 N–H and O–H groups in total. The van der Waals surface area contributed by atoms with Gasteiger partial charge in [-0.2, -0.15) is 8.62 Å². The van der Waals surface area contributed by atoms with E-state index in [-0.39, 0.29) is 12.1 Å². The van der Waals surface area contributed by atoms with Crippen LogP contribution in [0.2, 0.25) is 0 Å². The van der Waals surface area contributed by atoms with Gasteiger partial charge < -0.3 is 34.5 Å². The smallest absolute Gasteiger partial charge is 0.387 e. The van der Waals surface area contributed by atoms with Crippen LogP contribution in [0, 0.1) is 0 Å². The third-order valence-electron chi connectivity index (χ3n) is 4.77. The van der Waals surface area contributed by atoms with Gasteiger partial charge >= 0.3 is 29.2 Å². The predicted octanol–water partition coefficient (Wildman–Crippen LogP) is -2.30. The number of phosphoric acid groups is 3. The molecule has 1 saturated heterocycles. The van der Waals surface area contributed by atoms with Crippen LogP contribution in [0.1, 0.15) is 24.3 Å². The summed E-state index contributed by atoms with van der Waals surface area (Å²) >= 11 is 0. The van der Waals surface area contributed by atoms with E-state index in [9.17, 15) is 43.3 Å². The normalized spacial score (nSPS) is 25.6. The molecule has 0 aromatic carbocycles. The summed E-state index contributed by atoms with van der Waals surface area (Å²) in [6.07, 6.45) is -4.21. The molecule has 3 unspecified atom stereocenters. The molecule has 0 radical (unpaired) electrons. The summed E-state index contributed by atoms with van der Waals surface area (Å²) in [6.45, 7) is 1.13. The Hall–Kier alpha value is -1.89. The average Bonchev–Trinajstić information content (AvgIpc) is 3.31. The van der Waals surface area contributed by atoms with Crippen molar-refractivity contribution in [1.29, 1.82) is 0 Å². The van der Waals surface area contributed by atoms with E-state index in [1.807, 2.05) is 11.9 Å². The van der Waals surface area contributed by atoms with Crippen molar-refractivity contribution in [2.75, 3.05) is 6.61 Å². The van der Waals surface area contributed by atoms with Crippen LogP contribution in [0.25, 0.3) is 0 Å². The maximum atomic E-state index is 12.4. The summed E-state index contributed by atoms with van der Waals surface area (Å²) in [4.78, 5) is 62.4. The van der Waals surface area contributed by atoms with E-state index >= 15 is 0 Å². The van der Waals surface area contributed by atoms with Gasteiger partial charge in [-0.25, -0.2) is 18.5 Å². The Labute approximate surface area is 205 Å². The largest absolute Gasteiger partial charge is 0.490 e. The Morgan fingerprint density at radius 2 is 1.73 bits per heavy atom. The van der Waals surface area contributed by atoms with Crippen molar-refractivity contribution in [2.24, 2.45) is 0 Å². The quantitative estimate of drug-likeness (QED) is 0.135. The minimum atomic E-state index is -5.77. The molecular formula is C14H22N5O15P3. The monoisotopic (exact) mass is 593 g/mol. The van der Waals surface area contributed by atoms with Gasteiger partial charge in [-0.05, 0) is 6.92 Å². The molecule has 0 amide bonds. The van der Waals surface area contributed by atoms with E-state index in [2.05, 4.69) is 23.5 Å². The highest BCUT2D eigenvalue weighted by atomic mass is 31.3. The molecule has 208 valence electrons. The van der Waals surface area contributed by atoms with Gasteiger partial charge in [-0.3, -0.25) is 23.6 Å². The molecule has 1 fully saturated rings. The zero-order valence-corrected chi connectivity index (χ0v) is 21.3. The molecule has 1 aliphatic heterocycles. The van der Waals surface area contributed by atoms with Crippen LogP contribution in [0.5, 0.6) is 0 Å². The minimum absolute atomic E-state index is 0.122. The number of aromatic amines is 1. The van der Waals surface area contributed by atoms with Gasteiger partial charge in [0, 0.05) is 12.7 Å². The number of H-pyrrole nitrogens is 1. The molecule has 2 aromatic rings. The molecule has 0 aliphatic carbocycles. The van der Waals surface area contributed by atoms with Crippen molar-refractivity contribution >= 4 is 23.5 Å². The van der Waals surface area contributed by atoms with Crippen LogP contribution in [0.3, 0.4) is 0 Å². The lowest BCUT2D eigenvalue weighted by Crippen LogP contribution is -2.36. The molecule has 0 spiro atoms. The van der Waals surface area contributed by atoms with Crippen LogP contribution < -0.4 is 11.2 Å². The van der Waals surface area contributed by atoms with E-state index in [0.29, 0.717) is 12.2 Å². The van der Waals surface area contributed by atoms with Gasteiger partial charge in [-0.1, -0.05) is 5.21 Å². The number of rotatable bonds is 11. The fourth-order valence-corrected chi connectivity index (χ4v) is 6.23. The van der Waals surface area contributed by atoms with Crippen LogP contribution >= 0.6 is 23.5 Å². The second kappa shape index (κ2) is 11.1. The van der Waals surface area contributed by atoms with Crippen LogP contribution in [-0.2, 0) is 44.7 Å². The predicted molar refractivity (Wildman–Crippen MR) is 116 cm³/mol. The SMILES string of the molecule is CCn1cc(Cn2cc([C@@H]3O[C@H](COP(=O)(O)OP(=O)(O)OP(=O)(O)O)C(O)[C@@H]3O)c(=O)[nH]c2=O)nn1. The molecule has 3 rings (SSSR count). The highest BCUT2D eigenvalue weighted by Gasteiger charge is 2.47. The zero-order valence-electron chi connectivity index (χ0n) is 18.6. The number of aliphatic hydroxyl groups is 2. The lowest BCUT2D eigenvalue weighted by Gasteiger charge is -2.19. The van der Waals surface area contributed by atoms with Gasteiger partial charge in [0.1, 0.15) is 30.1 Å². The molecule has 1 aliphatic rings. The lowest BCUT2D eigenvalue weighted by molar-refractivity contribution is -0.0228. The van der Waals surface area contributed by atoms with Gasteiger partial charge in [0.25, 0.3) is 5.56 Å². The van der Waals surface area contributed by atoms with Crippen LogP contribution in [0.15, 0.2) is 22.0 Å². The summed E-state index contributed by atoms with van der Waals surface area (Å²) in [5, 5.41) is 28.3. The minimum Gasteiger partial charge on any atom is -0.387 e. The van der Waals surface area contributed by atoms with Gasteiger partial charge in [0.05, 0.1) is 24.9 Å². The van der Waals surface area contributed by atoms with E-state index < -0.39 is 65.7 Å². The van der Waals surface area contributed by atoms with Gasteiger partial charge in [-0.15, -0.1) is 5.10 Å². The number of aryl methyl sites for hydroxylation is 1. The Morgan fingerprint density at radius 1 is 1.05 bits per heavy atom. The number of nitrogens with zero attached hydrogens (tertiary/aromatic N) is 4. The first kappa shape index (κ1) is 29.7. The van der Waals surface area contributed by atoms with Crippen molar-refractivity contribution in [2.45, 2.75) is 44.4 Å². The Kier molecular flexibility index (Phi) is 8.88. The van der Waals surface area contributed by atoms with Crippen molar-refractivity contribution in [3.63, 3.8) is 0 Å². The van der Waals surface area contributed by atoms with Gasteiger partial charge in [0.2, 0.25) is 0 Å². The molecular weight excluding hydrogens is 571 g/mol. The summed E-state index contributed by atoms with van der Waals surface area (Å²) in [5.41, 5.74) is -1.74.